The summed E-state index contributed by atoms with van der Waals surface area (Å²) in [6.45, 7) is 3.62. The fraction of sp³-hybridized carbons (Fsp3) is 0.235. The van der Waals surface area contributed by atoms with E-state index < -0.39 is 0 Å². The van der Waals surface area contributed by atoms with Crippen molar-refractivity contribution in [2.45, 2.75) is 26.4 Å². The molecule has 1 N–H and O–H groups in total. The number of nitrogens with one attached hydrogen (secondary N) is 1. The van der Waals surface area contributed by atoms with Crippen molar-refractivity contribution in [3.63, 3.8) is 0 Å². The third kappa shape index (κ3) is 3.21. The number of hydrogen-bond acceptors (Lipinski definition) is 4. The topological polar surface area (TPSA) is 64.0 Å². The summed E-state index contributed by atoms with van der Waals surface area (Å²) in [7, 11) is 0. The molecule has 0 bridgehead atoms. The molecule has 2 heterocycles. The van der Waals surface area contributed by atoms with Gasteiger partial charge in [-0.3, -0.25) is 14.2 Å². The summed E-state index contributed by atoms with van der Waals surface area (Å²) in [5.41, 5.74) is 1.16. The summed E-state index contributed by atoms with van der Waals surface area (Å²) < 4.78 is 14.4. The number of nitrogens with zero attached hydrogens (tertiary/aromatic N) is 2. The fourth-order valence-corrected chi connectivity index (χ4v) is 3.35. The predicted molar refractivity (Wildman–Crippen MR) is 92.6 cm³/mol. The minimum Gasteiger partial charge on any atom is -0.352 e. The van der Waals surface area contributed by atoms with E-state index in [0.29, 0.717) is 15.8 Å². The van der Waals surface area contributed by atoms with Gasteiger partial charge in [-0.05, 0) is 31.5 Å². The van der Waals surface area contributed by atoms with Crippen LogP contribution in [0.3, 0.4) is 0 Å². The van der Waals surface area contributed by atoms with Gasteiger partial charge in [0, 0.05) is 17.0 Å². The molecule has 2 aromatic heterocycles. The first-order chi connectivity index (χ1) is 11.5. The maximum absolute atomic E-state index is 13.1. The molecule has 0 unspecified atom stereocenters. The first-order valence-corrected chi connectivity index (χ1v) is 8.35. The summed E-state index contributed by atoms with van der Waals surface area (Å²) in [5, 5.41) is 5.02. The SMILES string of the molecule is CC(C)NC(=O)Cn1cnc2scc(-c3ccc(F)cc3)c2c1=O. The molecule has 0 radical (unpaired) electrons. The van der Waals surface area contributed by atoms with Crippen molar-refractivity contribution >= 4 is 27.5 Å². The molecule has 1 amide bonds. The number of amides is 1. The van der Waals surface area contributed by atoms with E-state index in [9.17, 15) is 14.0 Å². The highest BCUT2D eigenvalue weighted by Gasteiger charge is 2.15. The Labute approximate surface area is 141 Å². The van der Waals surface area contributed by atoms with Crippen LogP contribution in [0.2, 0.25) is 0 Å². The van der Waals surface area contributed by atoms with Crippen LogP contribution in [-0.4, -0.2) is 21.5 Å². The predicted octanol–water partition coefficient (Wildman–Crippen LogP) is 2.79. The van der Waals surface area contributed by atoms with Gasteiger partial charge in [-0.25, -0.2) is 9.37 Å². The standard InChI is InChI=1S/C17H16FN3O2S/c1-10(2)20-14(22)7-21-9-19-16-15(17(21)23)13(8-24-16)11-3-5-12(18)6-4-11/h3-6,8-10H,7H2,1-2H3,(H,20,22). The average Bonchev–Trinajstić information content (AvgIpc) is 2.95. The number of hydrogen-bond donors (Lipinski definition) is 1. The lowest BCUT2D eigenvalue weighted by Gasteiger charge is -2.09. The summed E-state index contributed by atoms with van der Waals surface area (Å²) in [5.74, 6) is -0.578. The van der Waals surface area contributed by atoms with Gasteiger partial charge in [-0.15, -0.1) is 11.3 Å². The van der Waals surface area contributed by atoms with E-state index in [1.807, 2.05) is 19.2 Å². The summed E-state index contributed by atoms with van der Waals surface area (Å²) in [6.07, 6.45) is 1.38. The normalized spacial score (nSPS) is 11.2. The second-order valence-electron chi connectivity index (χ2n) is 5.74. The van der Waals surface area contributed by atoms with Crippen molar-refractivity contribution in [1.29, 1.82) is 0 Å². The lowest BCUT2D eigenvalue weighted by molar-refractivity contribution is -0.122. The van der Waals surface area contributed by atoms with Crippen LogP contribution in [0.1, 0.15) is 13.8 Å². The van der Waals surface area contributed by atoms with Gasteiger partial charge in [0.15, 0.2) is 0 Å². The number of aromatic nitrogens is 2. The van der Waals surface area contributed by atoms with E-state index in [1.165, 1.54) is 34.4 Å². The third-order valence-corrected chi connectivity index (χ3v) is 4.37. The van der Waals surface area contributed by atoms with Crippen molar-refractivity contribution < 1.29 is 9.18 Å². The number of fused-ring (bicyclic) bond motifs is 1. The second-order valence-corrected chi connectivity index (χ2v) is 6.59. The molecular weight excluding hydrogens is 329 g/mol. The Bertz CT molecular complexity index is 945. The maximum atomic E-state index is 13.1. The zero-order valence-corrected chi connectivity index (χ0v) is 14.1. The Kier molecular flexibility index (Phi) is 4.44. The quantitative estimate of drug-likeness (QED) is 0.791. The highest BCUT2D eigenvalue weighted by atomic mass is 32.1. The van der Waals surface area contributed by atoms with Gasteiger partial charge in [0.25, 0.3) is 5.56 Å². The molecule has 3 aromatic rings. The van der Waals surface area contributed by atoms with Gasteiger partial charge in [-0.2, -0.15) is 0 Å². The first-order valence-electron chi connectivity index (χ1n) is 7.47. The molecule has 0 fully saturated rings. The Hall–Kier alpha value is -2.54. The largest absolute Gasteiger partial charge is 0.352 e. The summed E-state index contributed by atoms with van der Waals surface area (Å²) >= 11 is 1.35. The Balaban J connectivity index is 2.04. The van der Waals surface area contributed by atoms with Gasteiger partial charge in [0.2, 0.25) is 5.91 Å². The Morgan fingerprint density at radius 2 is 2.04 bits per heavy atom. The molecule has 1 aromatic carbocycles. The van der Waals surface area contributed by atoms with Crippen molar-refractivity contribution in [3.8, 4) is 11.1 Å². The highest BCUT2D eigenvalue weighted by molar-refractivity contribution is 7.17. The zero-order valence-electron chi connectivity index (χ0n) is 13.2. The number of halogens is 1. The van der Waals surface area contributed by atoms with Gasteiger partial charge < -0.3 is 5.32 Å². The van der Waals surface area contributed by atoms with Crippen LogP contribution in [0.25, 0.3) is 21.3 Å². The molecule has 0 atom stereocenters. The van der Waals surface area contributed by atoms with Gasteiger partial charge in [0.1, 0.15) is 17.2 Å². The van der Waals surface area contributed by atoms with E-state index in [-0.39, 0.29) is 29.9 Å². The molecule has 124 valence electrons. The number of rotatable bonds is 4. The zero-order chi connectivity index (χ0) is 17.3. The molecule has 0 aliphatic rings. The van der Waals surface area contributed by atoms with Crippen LogP contribution in [-0.2, 0) is 11.3 Å². The van der Waals surface area contributed by atoms with Crippen LogP contribution in [0.4, 0.5) is 4.39 Å². The van der Waals surface area contributed by atoms with Gasteiger partial charge in [0.05, 0.1) is 11.7 Å². The molecule has 0 saturated carbocycles. The van der Waals surface area contributed by atoms with Crippen molar-refractivity contribution in [2.24, 2.45) is 0 Å². The van der Waals surface area contributed by atoms with E-state index in [1.54, 1.807) is 12.1 Å². The van der Waals surface area contributed by atoms with Gasteiger partial charge in [-0.1, -0.05) is 12.1 Å². The van der Waals surface area contributed by atoms with Crippen molar-refractivity contribution in [2.75, 3.05) is 0 Å². The molecule has 0 saturated heterocycles. The highest BCUT2D eigenvalue weighted by Crippen LogP contribution is 2.30. The molecule has 3 rings (SSSR count). The third-order valence-electron chi connectivity index (χ3n) is 3.48. The minimum atomic E-state index is -0.334. The molecule has 5 nitrogen and oxygen atoms in total. The van der Waals surface area contributed by atoms with Crippen LogP contribution in [0, 0.1) is 5.82 Å². The van der Waals surface area contributed by atoms with Crippen molar-refractivity contribution in [3.05, 3.63) is 52.1 Å². The number of carbonyl (C=O) groups excluding carboxylic acids is 1. The Morgan fingerprint density at radius 3 is 2.71 bits per heavy atom. The van der Waals surface area contributed by atoms with E-state index >= 15 is 0 Å². The smallest absolute Gasteiger partial charge is 0.263 e. The minimum absolute atomic E-state index is 0.000756. The van der Waals surface area contributed by atoms with Gasteiger partial charge >= 0.3 is 0 Å². The van der Waals surface area contributed by atoms with Crippen LogP contribution in [0.15, 0.2) is 40.8 Å². The fourth-order valence-electron chi connectivity index (χ4n) is 2.44. The van der Waals surface area contributed by atoms with Crippen LogP contribution in [0.5, 0.6) is 0 Å². The molecule has 0 spiro atoms. The number of benzene rings is 1. The summed E-state index contributed by atoms with van der Waals surface area (Å²) in [6, 6.07) is 5.95. The van der Waals surface area contributed by atoms with E-state index in [0.717, 1.165) is 5.56 Å². The summed E-state index contributed by atoms with van der Waals surface area (Å²) in [4.78, 5) is 29.5. The number of thiophene rings is 1. The molecule has 0 aliphatic heterocycles. The van der Waals surface area contributed by atoms with Crippen LogP contribution < -0.4 is 10.9 Å². The van der Waals surface area contributed by atoms with E-state index in [4.69, 9.17) is 0 Å². The Morgan fingerprint density at radius 1 is 1.33 bits per heavy atom. The van der Waals surface area contributed by atoms with E-state index in [2.05, 4.69) is 10.3 Å². The lowest BCUT2D eigenvalue weighted by Crippen LogP contribution is -2.36. The average molecular weight is 345 g/mol. The number of carbonyl (C=O) groups is 1. The lowest BCUT2D eigenvalue weighted by atomic mass is 10.1. The van der Waals surface area contributed by atoms with Crippen LogP contribution >= 0.6 is 11.3 Å². The monoisotopic (exact) mass is 345 g/mol. The first kappa shape index (κ1) is 16.3. The van der Waals surface area contributed by atoms with Crippen molar-refractivity contribution in [1.82, 2.24) is 14.9 Å². The second kappa shape index (κ2) is 6.52. The molecule has 7 heteroatoms. The molecular formula is C17H16FN3O2S. The molecule has 24 heavy (non-hydrogen) atoms. The molecule has 0 aliphatic carbocycles. The maximum Gasteiger partial charge on any atom is 0.263 e.